The van der Waals surface area contributed by atoms with Crippen LogP contribution in [0.1, 0.15) is 0 Å². The van der Waals surface area contributed by atoms with Gasteiger partial charge in [0, 0.05) is 0 Å². The fraction of sp³-hybridized carbons (Fsp3) is 1.00. The second-order valence-electron chi connectivity index (χ2n) is 2.86. The van der Waals surface area contributed by atoms with E-state index in [1.54, 1.807) is 0 Å². The number of aliphatic hydroxyl groups excluding tert-OH is 4. The molecule has 1 saturated heterocycles. The van der Waals surface area contributed by atoms with Crippen LogP contribution in [0.5, 0.6) is 0 Å². The molecule has 0 aromatic rings. The van der Waals surface area contributed by atoms with Crippen LogP contribution in [0.2, 0.25) is 0 Å². The Morgan fingerprint density at radius 2 is 1.85 bits per heavy atom. The lowest BCUT2D eigenvalue weighted by Gasteiger charge is -2.39. The molecule has 2 unspecified atom stereocenters. The largest absolute Gasteiger partial charge is 0.394 e. The van der Waals surface area contributed by atoms with Crippen LogP contribution >= 0.6 is 11.8 Å². The van der Waals surface area contributed by atoms with E-state index in [4.69, 9.17) is 21.6 Å². The summed E-state index contributed by atoms with van der Waals surface area (Å²) in [5, 5.41) is 36.6. The lowest BCUT2D eigenvalue weighted by Crippen LogP contribution is -2.61. The molecular formula is C6H12ClNO5. The van der Waals surface area contributed by atoms with Crippen LogP contribution in [-0.4, -0.2) is 57.7 Å². The quantitative estimate of drug-likeness (QED) is 0.326. The highest BCUT2D eigenvalue weighted by atomic mass is 35.5. The zero-order valence-corrected chi connectivity index (χ0v) is 7.42. The number of hydrogen-bond donors (Lipinski definition) is 5. The highest BCUT2D eigenvalue weighted by Crippen LogP contribution is 2.19. The standard InChI is InChI=1S/C6H12ClNO5/c7-8-3-5(11)4(10)2(1-9)13-6(3)12/h2-6,8-12H,1H2/t2?,3-,4-,5?,6-/m1/s1. The monoisotopic (exact) mass is 213 g/mol. The molecule has 0 aromatic heterocycles. The molecule has 0 spiro atoms. The SMILES string of the molecule is OCC1O[C@@H](O)[C@H](NCl)C(O)[C@@H]1O. The van der Waals surface area contributed by atoms with Crippen LogP contribution in [0.25, 0.3) is 0 Å². The summed E-state index contributed by atoms with van der Waals surface area (Å²) in [5.74, 6) is 0. The van der Waals surface area contributed by atoms with Gasteiger partial charge in [0.2, 0.25) is 0 Å². The number of nitrogens with one attached hydrogen (secondary N) is 1. The summed E-state index contributed by atoms with van der Waals surface area (Å²) in [7, 11) is 0. The molecule has 1 aliphatic rings. The lowest BCUT2D eigenvalue weighted by molar-refractivity contribution is -0.251. The van der Waals surface area contributed by atoms with Crippen LogP contribution < -0.4 is 4.84 Å². The molecule has 1 heterocycles. The first-order valence-electron chi connectivity index (χ1n) is 3.78. The van der Waals surface area contributed by atoms with E-state index < -0.39 is 37.3 Å². The number of hydrogen-bond acceptors (Lipinski definition) is 6. The second kappa shape index (κ2) is 4.52. The first-order valence-corrected chi connectivity index (χ1v) is 4.16. The maximum absolute atomic E-state index is 9.36. The lowest BCUT2D eigenvalue weighted by atomic mass is 9.98. The Bertz CT molecular complexity index is 171. The maximum atomic E-state index is 9.36. The van der Waals surface area contributed by atoms with Gasteiger partial charge in [0.1, 0.15) is 24.4 Å². The van der Waals surface area contributed by atoms with Gasteiger partial charge >= 0.3 is 0 Å². The van der Waals surface area contributed by atoms with Gasteiger partial charge in [-0.3, -0.25) is 0 Å². The van der Waals surface area contributed by atoms with Crippen LogP contribution in [0.15, 0.2) is 0 Å². The van der Waals surface area contributed by atoms with E-state index in [1.165, 1.54) is 0 Å². The summed E-state index contributed by atoms with van der Waals surface area (Å²) in [4.78, 5) is 2.08. The van der Waals surface area contributed by atoms with E-state index in [2.05, 4.69) is 4.84 Å². The molecule has 0 saturated carbocycles. The number of aliphatic hydroxyl groups is 4. The highest BCUT2D eigenvalue weighted by molar-refractivity contribution is 6.13. The molecule has 5 atom stereocenters. The third kappa shape index (κ3) is 2.10. The molecular weight excluding hydrogens is 202 g/mol. The number of ether oxygens (including phenoxy) is 1. The van der Waals surface area contributed by atoms with Crippen LogP contribution in [-0.2, 0) is 4.74 Å². The highest BCUT2D eigenvalue weighted by Gasteiger charge is 2.43. The summed E-state index contributed by atoms with van der Waals surface area (Å²) in [5.41, 5.74) is 0. The Morgan fingerprint density at radius 1 is 1.23 bits per heavy atom. The molecule has 0 aromatic carbocycles. The number of rotatable bonds is 2. The van der Waals surface area contributed by atoms with Gasteiger partial charge in [-0.15, -0.1) is 0 Å². The van der Waals surface area contributed by atoms with Crippen molar-refractivity contribution in [1.29, 1.82) is 0 Å². The van der Waals surface area contributed by atoms with Crippen molar-refractivity contribution in [3.05, 3.63) is 0 Å². The summed E-state index contributed by atoms with van der Waals surface area (Å²) < 4.78 is 4.77. The molecule has 7 heteroatoms. The van der Waals surface area contributed by atoms with Crippen molar-refractivity contribution in [1.82, 2.24) is 4.84 Å². The minimum Gasteiger partial charge on any atom is -0.394 e. The van der Waals surface area contributed by atoms with E-state index in [9.17, 15) is 15.3 Å². The third-order valence-corrected chi connectivity index (χ3v) is 2.28. The van der Waals surface area contributed by atoms with Crippen molar-refractivity contribution in [2.75, 3.05) is 6.61 Å². The van der Waals surface area contributed by atoms with Gasteiger partial charge in [0.15, 0.2) is 6.29 Å². The molecule has 0 amide bonds. The average Bonchev–Trinajstić information content (AvgIpc) is 2.12. The fourth-order valence-electron chi connectivity index (χ4n) is 1.21. The molecule has 1 fully saturated rings. The van der Waals surface area contributed by atoms with Crippen molar-refractivity contribution in [2.45, 2.75) is 30.6 Å². The van der Waals surface area contributed by atoms with E-state index in [1.807, 2.05) is 0 Å². The van der Waals surface area contributed by atoms with Gasteiger partial charge in [-0.05, 0) is 11.8 Å². The molecule has 5 N–H and O–H groups in total. The van der Waals surface area contributed by atoms with Gasteiger partial charge in [-0.1, -0.05) is 0 Å². The van der Waals surface area contributed by atoms with Gasteiger partial charge in [0.05, 0.1) is 6.61 Å². The minimum atomic E-state index is -1.35. The summed E-state index contributed by atoms with van der Waals surface area (Å²) >= 11 is 5.20. The van der Waals surface area contributed by atoms with E-state index in [0.717, 1.165) is 0 Å². The molecule has 0 radical (unpaired) electrons. The summed E-state index contributed by atoms with van der Waals surface area (Å²) in [6, 6.07) is -0.973. The molecule has 1 aliphatic heterocycles. The first-order chi connectivity index (χ1) is 6.11. The van der Waals surface area contributed by atoms with E-state index in [0.29, 0.717) is 0 Å². The normalized spacial score (nSPS) is 46.4. The smallest absolute Gasteiger partial charge is 0.174 e. The van der Waals surface area contributed by atoms with Gasteiger partial charge in [-0.2, -0.15) is 0 Å². The average molecular weight is 214 g/mol. The third-order valence-electron chi connectivity index (χ3n) is 2.03. The Kier molecular flexibility index (Phi) is 3.87. The fourth-order valence-corrected chi connectivity index (χ4v) is 1.45. The maximum Gasteiger partial charge on any atom is 0.174 e. The molecule has 78 valence electrons. The first kappa shape index (κ1) is 11.1. The zero-order valence-electron chi connectivity index (χ0n) is 6.67. The minimum absolute atomic E-state index is 0.482. The van der Waals surface area contributed by atoms with Crippen molar-refractivity contribution < 1.29 is 25.2 Å². The van der Waals surface area contributed by atoms with Crippen molar-refractivity contribution in [3.8, 4) is 0 Å². The molecule has 13 heavy (non-hydrogen) atoms. The number of halogens is 1. The van der Waals surface area contributed by atoms with E-state index in [-0.39, 0.29) is 0 Å². The molecule has 6 nitrogen and oxygen atoms in total. The van der Waals surface area contributed by atoms with E-state index >= 15 is 0 Å². The second-order valence-corrected chi connectivity index (χ2v) is 3.08. The molecule has 1 rings (SSSR count). The van der Waals surface area contributed by atoms with Crippen molar-refractivity contribution in [3.63, 3.8) is 0 Å². The van der Waals surface area contributed by atoms with Gasteiger partial charge in [0.25, 0.3) is 0 Å². The molecule has 0 aliphatic carbocycles. The molecule has 0 bridgehead atoms. The van der Waals surface area contributed by atoms with Crippen molar-refractivity contribution >= 4 is 11.8 Å². The van der Waals surface area contributed by atoms with Gasteiger partial charge in [-0.25, -0.2) is 4.84 Å². The Hall–Kier alpha value is 0.0500. The van der Waals surface area contributed by atoms with Gasteiger partial charge < -0.3 is 25.2 Å². The predicted octanol–water partition coefficient (Wildman–Crippen LogP) is -2.47. The predicted molar refractivity (Wildman–Crippen MR) is 42.8 cm³/mol. The Morgan fingerprint density at radius 3 is 2.31 bits per heavy atom. The topological polar surface area (TPSA) is 102 Å². The van der Waals surface area contributed by atoms with Crippen LogP contribution in [0, 0.1) is 0 Å². The Balaban J connectivity index is 2.66. The summed E-state index contributed by atoms with van der Waals surface area (Å²) in [6.45, 7) is -0.482. The zero-order chi connectivity index (χ0) is 10.0. The van der Waals surface area contributed by atoms with Crippen LogP contribution in [0.3, 0.4) is 0 Å². The summed E-state index contributed by atoms with van der Waals surface area (Å²) in [6.07, 6.45) is -4.90. The van der Waals surface area contributed by atoms with Crippen LogP contribution in [0.4, 0.5) is 0 Å². The Labute approximate surface area is 79.8 Å². The van der Waals surface area contributed by atoms with Crippen molar-refractivity contribution in [2.24, 2.45) is 0 Å².